The van der Waals surface area contributed by atoms with Crippen molar-refractivity contribution in [3.63, 3.8) is 0 Å². The third-order valence-electron chi connectivity index (χ3n) is 0. The van der Waals surface area contributed by atoms with Crippen molar-refractivity contribution in [2.75, 3.05) is 21.1 Å². The minimum absolute atomic E-state index is 0. The van der Waals surface area contributed by atoms with Crippen LogP contribution in [0.5, 0.6) is 0 Å². The molecule has 0 amide bonds. The highest BCUT2D eigenvalue weighted by Crippen LogP contribution is 1.13. The molecule has 0 aromatic heterocycles. The molecule has 0 aliphatic rings. The molecule has 3 heteroatoms. The normalized spacial score (nSPS) is 4.11. The van der Waals surface area contributed by atoms with Gasteiger partial charge in [0.2, 0.25) is 0 Å². The van der Waals surface area contributed by atoms with E-state index in [2.05, 4.69) is 11.1 Å². The Balaban J connectivity index is -0.0000000202. The van der Waals surface area contributed by atoms with Gasteiger partial charge in [-0.2, -0.15) is 0 Å². The lowest BCUT2D eigenvalue weighted by Gasteiger charge is -1.59. The topological polar surface area (TPSA) is 55.1 Å². The molecule has 0 spiro atoms. The summed E-state index contributed by atoms with van der Waals surface area (Å²) in [5.74, 6) is 0. The van der Waals surface area contributed by atoms with Crippen LogP contribution in [-0.4, -0.2) is 27.4 Å². The van der Waals surface area contributed by atoms with E-state index in [1.165, 1.54) is 14.0 Å². The Morgan fingerprint density at radius 3 is 1.33 bits per heavy atom. The number of hydrogen-bond acceptors (Lipinski definition) is 3. The molecule has 0 heterocycles. The Hall–Kier alpha value is -0.410. The van der Waals surface area contributed by atoms with Crippen molar-refractivity contribution in [1.29, 1.82) is 0 Å². The van der Waals surface area contributed by atoms with Gasteiger partial charge in [0.15, 0.2) is 0 Å². The monoisotopic (exact) mass is 136 g/mol. The second-order valence-corrected chi connectivity index (χ2v) is 0.736. The molecule has 3 N–H and O–H groups in total. The van der Waals surface area contributed by atoms with Crippen LogP contribution in [0.4, 0.5) is 0 Å². The first kappa shape index (κ1) is 23.5. The molecule has 0 aromatic rings. The maximum Gasteiger partial charge on any atom is 0.116 e. The second-order valence-electron chi connectivity index (χ2n) is 0.736. The predicted octanol–water partition coefficient (Wildman–Crippen LogP) is 0.252. The van der Waals surface area contributed by atoms with Crippen LogP contribution in [0.3, 0.4) is 0 Å². The summed E-state index contributed by atoms with van der Waals surface area (Å²) in [6.45, 7) is 1.44. The highest BCUT2D eigenvalue weighted by Gasteiger charge is 1.25. The molecule has 0 radical (unpaired) electrons. The van der Waals surface area contributed by atoms with Crippen LogP contribution in [0.25, 0.3) is 0 Å². The number of aldehydes is 1. The van der Waals surface area contributed by atoms with Crippen LogP contribution in [0.2, 0.25) is 0 Å². The van der Waals surface area contributed by atoms with Gasteiger partial charge in [-0.3, -0.25) is 0 Å². The van der Waals surface area contributed by atoms with Crippen molar-refractivity contribution in [3.05, 3.63) is 0 Å². The number of carbonyl (C=O) groups is 1. The summed E-state index contributed by atoms with van der Waals surface area (Å²) in [6, 6.07) is 0. The van der Waals surface area contributed by atoms with Gasteiger partial charge in [-0.15, -0.1) is 0 Å². The van der Waals surface area contributed by atoms with E-state index in [0.717, 1.165) is 6.29 Å². The van der Waals surface area contributed by atoms with Crippen molar-refractivity contribution in [1.82, 2.24) is 5.32 Å². The fraction of sp³-hybridized carbons (Fsp3) is 0.833. The zero-order valence-corrected chi connectivity index (χ0v) is 6.06. The molecule has 0 fully saturated rings. The van der Waals surface area contributed by atoms with Gasteiger partial charge < -0.3 is 15.8 Å². The average Bonchev–Trinajstić information content (AvgIpc) is 1.75. The lowest BCUT2D eigenvalue weighted by Crippen LogP contribution is -1.89. The first-order chi connectivity index (χ1) is 3.83. The first-order valence-electron chi connectivity index (χ1n) is 2.39. The third-order valence-corrected chi connectivity index (χ3v) is 0. The lowest BCUT2D eigenvalue weighted by molar-refractivity contribution is -0.106. The number of nitrogens with one attached hydrogen (secondary N) is 1. The van der Waals surface area contributed by atoms with Gasteiger partial charge >= 0.3 is 0 Å². The minimum atomic E-state index is 0. The molecule has 3 nitrogen and oxygen atoms in total. The van der Waals surface area contributed by atoms with Gasteiger partial charge in [0.25, 0.3) is 0 Å². The van der Waals surface area contributed by atoms with E-state index < -0.39 is 0 Å². The summed E-state index contributed by atoms with van der Waals surface area (Å²) in [6.07, 6.45) is 0.750. The zero-order valence-electron chi connectivity index (χ0n) is 6.06. The Bertz CT molecular complexity index is 25.0. The molecule has 0 aromatic carbocycles. The number of nitrogens with two attached hydrogens (primary N) is 1. The largest absolute Gasteiger partial charge is 0.333 e. The molecular weight excluding hydrogens is 116 g/mol. The van der Waals surface area contributed by atoms with E-state index in [9.17, 15) is 0 Å². The zero-order chi connectivity index (χ0) is 7.41. The van der Waals surface area contributed by atoms with Crippen molar-refractivity contribution in [3.8, 4) is 0 Å². The minimum Gasteiger partial charge on any atom is -0.333 e. The average molecular weight is 136 g/mol. The molecule has 0 aliphatic carbocycles. The van der Waals surface area contributed by atoms with Crippen LogP contribution in [-0.2, 0) is 4.79 Å². The lowest BCUT2D eigenvalue weighted by atomic mass is 11.0. The fourth-order valence-corrected chi connectivity index (χ4v) is 0. The molecule has 0 saturated heterocycles. The van der Waals surface area contributed by atoms with E-state index in [1.54, 1.807) is 0 Å². The maximum absolute atomic E-state index is 8.81. The Morgan fingerprint density at radius 2 is 1.33 bits per heavy atom. The first-order valence-corrected chi connectivity index (χ1v) is 2.39. The molecule has 0 saturated carbocycles. The van der Waals surface area contributed by atoms with Gasteiger partial charge in [0.1, 0.15) is 6.29 Å². The number of carbonyl (C=O) groups excluding carboxylic acids is 1. The SMILES string of the molecule is C.CC=O.CN.CNC. The molecule has 0 rings (SSSR count). The third kappa shape index (κ3) is 1410. The predicted molar refractivity (Wildman–Crippen MR) is 43.6 cm³/mol. The van der Waals surface area contributed by atoms with Crippen LogP contribution in [0.1, 0.15) is 14.4 Å². The van der Waals surface area contributed by atoms with E-state index in [1.807, 2.05) is 14.1 Å². The maximum atomic E-state index is 8.81. The highest BCUT2D eigenvalue weighted by atomic mass is 16.1. The van der Waals surface area contributed by atoms with E-state index >= 15 is 0 Å². The highest BCUT2D eigenvalue weighted by molar-refractivity contribution is 5.44. The van der Waals surface area contributed by atoms with Gasteiger partial charge in [0.05, 0.1) is 0 Å². The fourth-order valence-electron chi connectivity index (χ4n) is 0. The summed E-state index contributed by atoms with van der Waals surface area (Å²) >= 11 is 0. The van der Waals surface area contributed by atoms with Crippen LogP contribution >= 0.6 is 0 Å². The van der Waals surface area contributed by atoms with Gasteiger partial charge in [-0.1, -0.05) is 7.43 Å². The number of rotatable bonds is 0. The molecule has 0 aliphatic heterocycles. The molecule has 60 valence electrons. The summed E-state index contributed by atoms with van der Waals surface area (Å²) in [5, 5.41) is 2.75. The molecule has 0 unspecified atom stereocenters. The smallest absolute Gasteiger partial charge is 0.116 e. The van der Waals surface area contributed by atoms with Crippen LogP contribution in [0, 0.1) is 0 Å². The quantitative estimate of drug-likeness (QED) is 0.469. The molecule has 9 heavy (non-hydrogen) atoms. The van der Waals surface area contributed by atoms with Crippen molar-refractivity contribution in [2.45, 2.75) is 14.4 Å². The summed E-state index contributed by atoms with van der Waals surface area (Å²) < 4.78 is 0. The standard InChI is InChI=1S/C2H7N.C2H4O.CH5N.CH4/c1-3-2;1-2-3;1-2;/h3H,1-2H3;2H,1H3;2H2,1H3;1H4. The molecule has 0 atom stereocenters. The van der Waals surface area contributed by atoms with Gasteiger partial charge in [0, 0.05) is 0 Å². The summed E-state index contributed by atoms with van der Waals surface area (Å²) in [4.78, 5) is 8.81. The molecular formula is C6H20N2O. The summed E-state index contributed by atoms with van der Waals surface area (Å²) in [5.41, 5.74) is 4.50. The summed E-state index contributed by atoms with van der Waals surface area (Å²) in [7, 11) is 5.25. The molecule has 0 bridgehead atoms. The Labute approximate surface area is 58.6 Å². The van der Waals surface area contributed by atoms with Crippen LogP contribution < -0.4 is 11.1 Å². The van der Waals surface area contributed by atoms with Crippen LogP contribution in [0.15, 0.2) is 0 Å². The van der Waals surface area contributed by atoms with E-state index in [0.29, 0.717) is 0 Å². The van der Waals surface area contributed by atoms with Crippen molar-refractivity contribution >= 4 is 6.29 Å². The van der Waals surface area contributed by atoms with Crippen molar-refractivity contribution in [2.24, 2.45) is 5.73 Å². The van der Waals surface area contributed by atoms with Gasteiger partial charge in [-0.25, -0.2) is 0 Å². The van der Waals surface area contributed by atoms with Crippen molar-refractivity contribution < 1.29 is 4.79 Å². The second kappa shape index (κ2) is 130. The Kier molecular flexibility index (Phi) is 340. The van der Waals surface area contributed by atoms with E-state index in [-0.39, 0.29) is 7.43 Å². The van der Waals surface area contributed by atoms with E-state index in [4.69, 9.17) is 4.79 Å². The number of hydrogen-bond donors (Lipinski definition) is 2. The van der Waals surface area contributed by atoms with Gasteiger partial charge in [-0.05, 0) is 28.1 Å². The Morgan fingerprint density at radius 1 is 1.33 bits per heavy atom.